The van der Waals surface area contributed by atoms with Gasteiger partial charge in [0.25, 0.3) is 0 Å². The number of hydrogen-bond donors (Lipinski definition) is 5. The maximum absolute atomic E-state index is 10.7. The average molecular weight is 532 g/mol. The van der Waals surface area contributed by atoms with Gasteiger partial charge in [-0.3, -0.25) is 0 Å². The zero-order chi connectivity index (χ0) is 26.0. The maximum Gasteiger partial charge on any atom is 0.341 e. The molecular weight excluding hydrogens is 513 g/mol. The molecule has 0 fully saturated rings. The summed E-state index contributed by atoms with van der Waals surface area (Å²) in [6, 6.07) is 9.64. The molecule has 4 aromatic rings. The fourth-order valence-electron chi connectivity index (χ4n) is 3.24. The van der Waals surface area contributed by atoms with Gasteiger partial charge in [-0.1, -0.05) is 29.3 Å². The number of aliphatic hydroxyl groups is 1. The second-order valence-corrected chi connectivity index (χ2v) is 8.17. The van der Waals surface area contributed by atoms with Crippen molar-refractivity contribution in [3.8, 4) is 22.8 Å². The highest BCUT2D eigenvalue weighted by Crippen LogP contribution is 2.37. The summed E-state index contributed by atoms with van der Waals surface area (Å²) in [4.78, 5) is 27.2. The lowest BCUT2D eigenvalue weighted by Crippen LogP contribution is -2.12. The van der Waals surface area contributed by atoms with Crippen LogP contribution in [-0.2, 0) is 4.79 Å². The lowest BCUT2D eigenvalue weighted by atomic mass is 10.1. The number of nitrogens with zero attached hydrogens (tertiary/aromatic N) is 4. The van der Waals surface area contributed by atoms with Crippen molar-refractivity contribution in [2.75, 3.05) is 30.4 Å². The molecule has 2 heterocycles. The van der Waals surface area contributed by atoms with Crippen LogP contribution in [0, 0.1) is 0 Å². The molecule has 2 aromatic heterocycles. The number of anilines is 3. The van der Waals surface area contributed by atoms with Gasteiger partial charge in [0.2, 0.25) is 5.95 Å². The van der Waals surface area contributed by atoms with Gasteiger partial charge in [-0.05, 0) is 30.3 Å². The Morgan fingerprint density at radius 3 is 2.33 bits per heavy atom. The van der Waals surface area contributed by atoms with Crippen LogP contribution in [0.2, 0.25) is 10.0 Å². The molecule has 0 spiro atoms. The van der Waals surface area contributed by atoms with Crippen molar-refractivity contribution in [2.45, 2.75) is 6.10 Å². The van der Waals surface area contributed by atoms with E-state index < -0.39 is 18.7 Å². The van der Waals surface area contributed by atoms with Gasteiger partial charge in [-0.25, -0.2) is 14.8 Å². The Hall–Kier alpha value is -4.13. The molecular formula is C22H19Cl2N7O5. The van der Waals surface area contributed by atoms with E-state index in [4.69, 9.17) is 55.0 Å². The summed E-state index contributed by atoms with van der Waals surface area (Å²) in [5, 5.41) is 19.3. The number of halogens is 2. The topological polar surface area (TPSA) is 206 Å². The first kappa shape index (κ1) is 25.0. The Morgan fingerprint density at radius 1 is 0.917 bits per heavy atom. The van der Waals surface area contributed by atoms with E-state index in [1.165, 1.54) is 12.1 Å². The number of carboxylic acids is 1. The Morgan fingerprint density at radius 2 is 1.64 bits per heavy atom. The minimum Gasteiger partial charge on any atom is -0.491 e. The second kappa shape index (κ2) is 10.2. The van der Waals surface area contributed by atoms with E-state index in [0.29, 0.717) is 22.6 Å². The van der Waals surface area contributed by atoms with Gasteiger partial charge < -0.3 is 36.9 Å². The number of carbonyl (C=O) groups is 1. The fraction of sp³-hybridized carbons (Fsp3) is 0.136. The van der Waals surface area contributed by atoms with Crippen LogP contribution in [0.1, 0.15) is 11.7 Å². The van der Waals surface area contributed by atoms with Crippen molar-refractivity contribution in [1.82, 2.24) is 19.9 Å². The van der Waals surface area contributed by atoms with Crippen molar-refractivity contribution in [1.29, 1.82) is 0 Å². The lowest BCUT2D eigenvalue weighted by molar-refractivity contribution is -0.139. The fourth-order valence-corrected chi connectivity index (χ4v) is 3.75. The number of nitrogens with two attached hydrogens (primary N) is 3. The Kier molecular flexibility index (Phi) is 7.10. The molecule has 0 saturated heterocycles. The second-order valence-electron chi connectivity index (χ2n) is 7.41. The van der Waals surface area contributed by atoms with Crippen molar-refractivity contribution >= 4 is 57.9 Å². The molecule has 0 aliphatic rings. The molecule has 0 radical (unpaired) electrons. The number of aliphatic carboxylic acids is 1. The molecule has 8 N–H and O–H groups in total. The van der Waals surface area contributed by atoms with Gasteiger partial charge in [0.05, 0.1) is 5.02 Å². The summed E-state index contributed by atoms with van der Waals surface area (Å²) in [5.41, 5.74) is 19.3. The smallest absolute Gasteiger partial charge is 0.341 e. The average Bonchev–Trinajstić information content (AvgIpc) is 2.83. The highest BCUT2D eigenvalue weighted by atomic mass is 35.5. The molecule has 0 saturated carbocycles. The molecule has 1 unspecified atom stereocenters. The van der Waals surface area contributed by atoms with E-state index in [1.54, 1.807) is 24.3 Å². The first-order valence-electron chi connectivity index (χ1n) is 10.2. The molecule has 1 atom stereocenters. The van der Waals surface area contributed by atoms with Crippen LogP contribution in [0.4, 0.5) is 17.6 Å². The zero-order valence-corrected chi connectivity index (χ0v) is 19.9. The Labute approximate surface area is 213 Å². The number of benzene rings is 2. The molecule has 0 aliphatic heterocycles. The normalized spacial score (nSPS) is 11.9. The van der Waals surface area contributed by atoms with Crippen LogP contribution >= 0.6 is 23.2 Å². The van der Waals surface area contributed by atoms with Gasteiger partial charge >= 0.3 is 5.97 Å². The minimum atomic E-state index is -1.16. The van der Waals surface area contributed by atoms with Crippen LogP contribution in [-0.4, -0.2) is 49.3 Å². The van der Waals surface area contributed by atoms with Crippen molar-refractivity contribution in [2.24, 2.45) is 0 Å². The van der Waals surface area contributed by atoms with Crippen molar-refractivity contribution in [3.05, 3.63) is 52.0 Å². The van der Waals surface area contributed by atoms with Crippen LogP contribution in [0.25, 0.3) is 22.4 Å². The summed E-state index contributed by atoms with van der Waals surface area (Å²) in [5.74, 6) is -0.443. The summed E-state index contributed by atoms with van der Waals surface area (Å²) >= 11 is 12.4. The summed E-state index contributed by atoms with van der Waals surface area (Å²) in [6.07, 6.45) is -1.12. The van der Waals surface area contributed by atoms with Gasteiger partial charge in [0.15, 0.2) is 29.4 Å². The summed E-state index contributed by atoms with van der Waals surface area (Å²) in [7, 11) is 0. The van der Waals surface area contributed by atoms with E-state index in [0.717, 1.165) is 0 Å². The van der Waals surface area contributed by atoms with Crippen LogP contribution in [0.3, 0.4) is 0 Å². The van der Waals surface area contributed by atoms with E-state index in [-0.39, 0.29) is 51.1 Å². The van der Waals surface area contributed by atoms with E-state index in [1.807, 2.05) is 0 Å². The molecule has 4 rings (SSSR count). The molecule has 0 amide bonds. The first-order chi connectivity index (χ1) is 17.1. The molecule has 14 heteroatoms. The van der Waals surface area contributed by atoms with Crippen molar-refractivity contribution < 1.29 is 24.5 Å². The predicted molar refractivity (Wildman–Crippen MR) is 134 cm³/mol. The molecule has 36 heavy (non-hydrogen) atoms. The summed E-state index contributed by atoms with van der Waals surface area (Å²) in [6.45, 7) is -0.721. The van der Waals surface area contributed by atoms with E-state index in [2.05, 4.69) is 19.9 Å². The number of fused-ring (bicyclic) bond motifs is 1. The number of hydrogen-bond acceptors (Lipinski definition) is 11. The largest absolute Gasteiger partial charge is 0.491 e. The number of aromatic nitrogens is 4. The highest BCUT2D eigenvalue weighted by molar-refractivity contribution is 6.43. The number of ether oxygens (including phenoxy) is 2. The van der Waals surface area contributed by atoms with E-state index in [9.17, 15) is 9.90 Å². The Bertz CT molecular complexity index is 1450. The van der Waals surface area contributed by atoms with Gasteiger partial charge in [-0.2, -0.15) is 9.97 Å². The number of carboxylic acid groups (broad SMARTS) is 1. The van der Waals surface area contributed by atoms with E-state index >= 15 is 0 Å². The third-order valence-corrected chi connectivity index (χ3v) is 5.80. The third-order valence-electron chi connectivity index (χ3n) is 4.92. The molecule has 2 aromatic carbocycles. The third kappa shape index (κ3) is 5.25. The molecule has 12 nitrogen and oxygen atoms in total. The van der Waals surface area contributed by atoms with Gasteiger partial charge in [-0.15, -0.1) is 0 Å². The van der Waals surface area contributed by atoms with Gasteiger partial charge in [0, 0.05) is 11.1 Å². The minimum absolute atomic E-state index is 0.0124. The standard InChI is InChI=1S/C22H19Cl2N7O5/c23-15-11(5-6-13(16(15)24)36-8-14(33)34)12(32)7-35-10-3-1-9(2-4-10)17-19(25)29-21-18(28-17)20(26)30-22(27)31-21/h1-6,12,32H,7-8H2,(H,33,34)(H6,25,26,27,29,30,31). The lowest BCUT2D eigenvalue weighted by Gasteiger charge is -2.16. The SMILES string of the molecule is Nc1nc(N)c2nc(-c3ccc(OCC(O)c4ccc(OCC(=O)O)c(Cl)c4Cl)cc3)c(N)nc2n1. The zero-order valence-electron chi connectivity index (χ0n) is 18.4. The first-order valence-corrected chi connectivity index (χ1v) is 11.0. The van der Waals surface area contributed by atoms with Crippen molar-refractivity contribution in [3.63, 3.8) is 0 Å². The molecule has 0 bridgehead atoms. The van der Waals surface area contributed by atoms with Crippen LogP contribution in [0.15, 0.2) is 36.4 Å². The highest BCUT2D eigenvalue weighted by Gasteiger charge is 2.19. The van der Waals surface area contributed by atoms with Crippen LogP contribution < -0.4 is 26.7 Å². The Balaban J connectivity index is 1.47. The quantitative estimate of drug-likeness (QED) is 0.222. The number of rotatable bonds is 8. The summed E-state index contributed by atoms with van der Waals surface area (Å²) < 4.78 is 10.7. The molecule has 0 aliphatic carbocycles. The monoisotopic (exact) mass is 531 g/mol. The molecule has 186 valence electrons. The number of nitrogen functional groups attached to an aromatic ring is 3. The van der Waals surface area contributed by atoms with Gasteiger partial charge in [0.1, 0.15) is 34.9 Å². The predicted octanol–water partition coefficient (Wildman–Crippen LogP) is 2.72. The maximum atomic E-state index is 10.7. The van der Waals surface area contributed by atoms with Crippen LogP contribution in [0.5, 0.6) is 11.5 Å². The number of aliphatic hydroxyl groups excluding tert-OH is 1.